The van der Waals surface area contributed by atoms with Gasteiger partial charge >= 0.3 is 0 Å². The van der Waals surface area contributed by atoms with Crippen molar-refractivity contribution in [2.75, 3.05) is 42.5 Å². The molecule has 0 radical (unpaired) electrons. The molecule has 1 atom stereocenters. The number of rotatable bonds is 4. The van der Waals surface area contributed by atoms with Crippen molar-refractivity contribution in [3.05, 3.63) is 48.3 Å². The normalized spacial score (nSPS) is 18.5. The summed E-state index contributed by atoms with van der Waals surface area (Å²) in [4.78, 5) is 32.7. The van der Waals surface area contributed by atoms with Gasteiger partial charge in [-0.15, -0.1) is 0 Å². The van der Waals surface area contributed by atoms with Crippen LogP contribution in [0.15, 0.2) is 42.7 Å². The van der Waals surface area contributed by atoms with Gasteiger partial charge in [0.2, 0.25) is 17.7 Å². The van der Waals surface area contributed by atoms with Crippen LogP contribution in [0.5, 0.6) is 5.88 Å². The topological polar surface area (TPSA) is 90.6 Å². The van der Waals surface area contributed by atoms with Crippen molar-refractivity contribution >= 4 is 39.5 Å². The average molecular weight is 500 g/mol. The summed E-state index contributed by atoms with van der Waals surface area (Å²) in [6.45, 7) is 9.21. The first-order valence-electron chi connectivity index (χ1n) is 13.1. The van der Waals surface area contributed by atoms with E-state index in [1.807, 2.05) is 27.9 Å². The lowest BCUT2D eigenvalue weighted by Gasteiger charge is -2.35. The SMILES string of the molecule is CC(=O)N1CCN(c2nc(N3CCCC3c3ccc4ncccc4c3)c3cn(C(C)C)c(O)c3n2)CC1. The number of pyridine rings is 1. The van der Waals surface area contributed by atoms with E-state index in [0.717, 1.165) is 41.5 Å². The second-order valence-corrected chi connectivity index (χ2v) is 10.4. The van der Waals surface area contributed by atoms with Crippen LogP contribution in [-0.2, 0) is 4.79 Å². The van der Waals surface area contributed by atoms with Crippen molar-refractivity contribution in [2.24, 2.45) is 0 Å². The van der Waals surface area contributed by atoms with Crippen LogP contribution in [0, 0.1) is 0 Å². The second kappa shape index (κ2) is 9.21. The fraction of sp³-hybridized carbons (Fsp3) is 0.429. The van der Waals surface area contributed by atoms with Gasteiger partial charge in [0.05, 0.1) is 16.9 Å². The standard InChI is InChI=1S/C28H33N7O2/c1-18(2)35-17-22-25(27(35)37)30-28(33-14-12-32(13-15-33)19(3)36)31-26(22)34-11-5-7-24(34)21-8-9-23-20(16-21)6-4-10-29-23/h4,6,8-10,16-18,24,37H,5,7,11-15H2,1-3H3. The van der Waals surface area contributed by atoms with Crippen LogP contribution in [0.1, 0.15) is 51.3 Å². The first-order chi connectivity index (χ1) is 17.9. The van der Waals surface area contributed by atoms with Gasteiger partial charge in [0.1, 0.15) is 11.3 Å². The van der Waals surface area contributed by atoms with E-state index in [-0.39, 0.29) is 23.9 Å². The van der Waals surface area contributed by atoms with Gasteiger partial charge in [-0.1, -0.05) is 12.1 Å². The number of hydrogen-bond acceptors (Lipinski definition) is 7. The fourth-order valence-electron chi connectivity index (χ4n) is 5.70. The number of carbonyl (C=O) groups excluding carboxylic acids is 1. The van der Waals surface area contributed by atoms with Crippen LogP contribution in [0.2, 0.25) is 0 Å². The van der Waals surface area contributed by atoms with Crippen molar-refractivity contribution in [3.63, 3.8) is 0 Å². The molecule has 0 bridgehead atoms. The van der Waals surface area contributed by atoms with Crippen LogP contribution < -0.4 is 9.80 Å². The summed E-state index contributed by atoms with van der Waals surface area (Å²) < 4.78 is 1.87. The number of benzene rings is 1. The molecule has 2 aliphatic heterocycles. The van der Waals surface area contributed by atoms with E-state index in [9.17, 15) is 9.90 Å². The Morgan fingerprint density at radius 2 is 1.89 bits per heavy atom. The van der Waals surface area contributed by atoms with Crippen LogP contribution in [0.3, 0.4) is 0 Å². The maximum atomic E-state index is 11.8. The molecule has 37 heavy (non-hydrogen) atoms. The summed E-state index contributed by atoms with van der Waals surface area (Å²) in [6, 6.07) is 10.9. The highest BCUT2D eigenvalue weighted by molar-refractivity contribution is 5.94. The molecule has 6 rings (SSSR count). The zero-order chi connectivity index (χ0) is 25.7. The number of aromatic nitrogens is 4. The second-order valence-electron chi connectivity index (χ2n) is 10.4. The zero-order valence-electron chi connectivity index (χ0n) is 21.6. The van der Waals surface area contributed by atoms with Gasteiger partial charge in [0.25, 0.3) is 0 Å². The predicted molar refractivity (Wildman–Crippen MR) is 145 cm³/mol. The molecular weight excluding hydrogens is 466 g/mol. The molecule has 2 fully saturated rings. The van der Waals surface area contributed by atoms with Gasteiger partial charge in [-0.05, 0) is 50.5 Å². The van der Waals surface area contributed by atoms with Gasteiger partial charge < -0.3 is 24.4 Å². The number of aromatic hydroxyl groups is 1. The zero-order valence-corrected chi connectivity index (χ0v) is 21.6. The molecule has 3 aromatic heterocycles. The lowest BCUT2D eigenvalue weighted by atomic mass is 10.0. The number of fused-ring (bicyclic) bond motifs is 2. The van der Waals surface area contributed by atoms with Crippen molar-refractivity contribution in [1.82, 2.24) is 24.4 Å². The monoisotopic (exact) mass is 499 g/mol. The predicted octanol–water partition coefficient (Wildman–Crippen LogP) is 4.28. The van der Waals surface area contributed by atoms with Gasteiger partial charge in [0.15, 0.2) is 0 Å². The number of nitrogens with zero attached hydrogens (tertiary/aromatic N) is 7. The lowest BCUT2D eigenvalue weighted by Crippen LogP contribution is -2.48. The summed E-state index contributed by atoms with van der Waals surface area (Å²) in [5, 5.41) is 13.1. The maximum absolute atomic E-state index is 11.8. The average Bonchev–Trinajstić information content (AvgIpc) is 3.53. The minimum atomic E-state index is 0.0898. The summed E-state index contributed by atoms with van der Waals surface area (Å²) in [5.74, 6) is 1.73. The Hall–Kier alpha value is -3.88. The Kier molecular flexibility index (Phi) is 5.85. The highest BCUT2D eigenvalue weighted by Crippen LogP contribution is 2.42. The third-order valence-electron chi connectivity index (χ3n) is 7.74. The minimum absolute atomic E-state index is 0.0898. The van der Waals surface area contributed by atoms with E-state index in [2.05, 4.69) is 52.9 Å². The summed E-state index contributed by atoms with van der Waals surface area (Å²) in [5.41, 5.74) is 2.82. The minimum Gasteiger partial charge on any atom is -0.493 e. The number of amides is 1. The van der Waals surface area contributed by atoms with E-state index >= 15 is 0 Å². The quantitative estimate of drug-likeness (QED) is 0.448. The third-order valence-corrected chi connectivity index (χ3v) is 7.74. The highest BCUT2D eigenvalue weighted by Gasteiger charge is 2.32. The Morgan fingerprint density at radius 3 is 2.65 bits per heavy atom. The molecule has 0 saturated carbocycles. The van der Waals surface area contributed by atoms with Gasteiger partial charge in [-0.2, -0.15) is 4.98 Å². The van der Waals surface area contributed by atoms with E-state index in [1.165, 1.54) is 5.56 Å². The third kappa shape index (κ3) is 4.12. The Morgan fingerprint density at radius 1 is 1.08 bits per heavy atom. The summed E-state index contributed by atoms with van der Waals surface area (Å²) in [7, 11) is 0. The van der Waals surface area contributed by atoms with Crippen LogP contribution in [0.4, 0.5) is 11.8 Å². The molecule has 0 spiro atoms. The Labute approximate surface area is 216 Å². The van der Waals surface area contributed by atoms with E-state index in [4.69, 9.17) is 9.97 Å². The molecule has 192 valence electrons. The van der Waals surface area contributed by atoms with E-state index in [1.54, 1.807) is 6.92 Å². The maximum Gasteiger partial charge on any atom is 0.228 e. The molecule has 0 aliphatic carbocycles. The van der Waals surface area contributed by atoms with Crippen molar-refractivity contribution in [1.29, 1.82) is 0 Å². The molecule has 9 nitrogen and oxygen atoms in total. The fourth-order valence-corrected chi connectivity index (χ4v) is 5.70. The number of piperazine rings is 1. The molecule has 1 amide bonds. The highest BCUT2D eigenvalue weighted by atomic mass is 16.3. The van der Waals surface area contributed by atoms with Gasteiger partial charge in [0, 0.05) is 63.5 Å². The van der Waals surface area contributed by atoms with Crippen LogP contribution in [0.25, 0.3) is 21.8 Å². The smallest absolute Gasteiger partial charge is 0.228 e. The van der Waals surface area contributed by atoms with Gasteiger partial charge in [-0.3, -0.25) is 9.78 Å². The summed E-state index contributed by atoms with van der Waals surface area (Å²) in [6.07, 6.45) is 5.90. The van der Waals surface area contributed by atoms with E-state index < -0.39 is 0 Å². The molecule has 2 saturated heterocycles. The largest absolute Gasteiger partial charge is 0.493 e. The Bertz CT molecular complexity index is 1470. The van der Waals surface area contributed by atoms with Crippen molar-refractivity contribution in [2.45, 2.75) is 45.7 Å². The first kappa shape index (κ1) is 23.5. The lowest BCUT2D eigenvalue weighted by molar-refractivity contribution is -0.129. The molecule has 1 N–H and O–H groups in total. The Balaban J connectivity index is 1.44. The molecule has 5 heterocycles. The number of anilines is 2. The number of carbonyl (C=O) groups is 1. The van der Waals surface area contributed by atoms with Crippen LogP contribution in [-0.4, -0.2) is 68.2 Å². The van der Waals surface area contributed by atoms with Crippen molar-refractivity contribution < 1.29 is 9.90 Å². The molecular formula is C28H33N7O2. The molecule has 2 aliphatic rings. The molecule has 1 unspecified atom stereocenters. The van der Waals surface area contributed by atoms with Gasteiger partial charge in [-0.25, -0.2) is 4.98 Å². The van der Waals surface area contributed by atoms with E-state index in [0.29, 0.717) is 37.6 Å². The first-order valence-corrected chi connectivity index (χ1v) is 13.1. The number of hydrogen-bond donors (Lipinski definition) is 1. The summed E-state index contributed by atoms with van der Waals surface area (Å²) >= 11 is 0. The molecule has 1 aromatic carbocycles. The van der Waals surface area contributed by atoms with Crippen LogP contribution >= 0.6 is 0 Å². The molecule has 9 heteroatoms. The molecule has 4 aromatic rings. The van der Waals surface area contributed by atoms with Crippen molar-refractivity contribution in [3.8, 4) is 5.88 Å².